The molecule has 0 bridgehead atoms. The fourth-order valence-corrected chi connectivity index (χ4v) is 1.88. The number of carbonyl (C=O) groups is 1. The molecule has 2 N–H and O–H groups in total. The van der Waals surface area contributed by atoms with Gasteiger partial charge in [0.2, 0.25) is 5.95 Å². The third kappa shape index (κ3) is 4.31. The van der Waals surface area contributed by atoms with E-state index in [0.717, 1.165) is 0 Å². The van der Waals surface area contributed by atoms with Gasteiger partial charge in [-0.2, -0.15) is 0 Å². The Balaban J connectivity index is 2.17. The van der Waals surface area contributed by atoms with Crippen LogP contribution in [0.5, 0.6) is 0 Å². The molecule has 1 amide bonds. The highest BCUT2D eigenvalue weighted by atomic mass is 35.5. The number of nitrogens with one attached hydrogen (secondary N) is 2. The number of amides is 1. The zero-order chi connectivity index (χ0) is 15.4. The van der Waals surface area contributed by atoms with Crippen LogP contribution in [-0.2, 0) is 0 Å². The zero-order valence-corrected chi connectivity index (χ0v) is 13.0. The molecule has 1 aromatic heterocycles. The maximum atomic E-state index is 11.9. The second-order valence-electron chi connectivity index (χ2n) is 4.65. The minimum absolute atomic E-state index is 0.0407. The summed E-state index contributed by atoms with van der Waals surface area (Å²) in [6.07, 6.45) is 1.52. The Morgan fingerprint density at radius 3 is 2.62 bits per heavy atom. The molecule has 0 saturated heterocycles. The van der Waals surface area contributed by atoms with E-state index in [1.165, 1.54) is 6.20 Å². The molecule has 0 spiro atoms. The van der Waals surface area contributed by atoms with Crippen molar-refractivity contribution < 1.29 is 4.79 Å². The van der Waals surface area contributed by atoms with E-state index in [1.54, 1.807) is 24.3 Å². The van der Waals surface area contributed by atoms with Gasteiger partial charge in [0.15, 0.2) is 0 Å². The van der Waals surface area contributed by atoms with Crippen molar-refractivity contribution in [2.75, 3.05) is 5.32 Å². The molecular formula is C14H14Cl2N4O. The van der Waals surface area contributed by atoms with Gasteiger partial charge >= 0.3 is 0 Å². The Kier molecular flexibility index (Phi) is 4.98. The van der Waals surface area contributed by atoms with Crippen molar-refractivity contribution in [2.24, 2.45) is 0 Å². The standard InChI is InChI=1S/C14H14Cl2N4O/c1-8(2)18-13(21)12-5-6-17-14(20-12)19-9-3-4-10(15)11(16)7-9/h3-8H,1-2H3,(H,18,21)(H,17,19,20). The smallest absolute Gasteiger partial charge is 0.270 e. The van der Waals surface area contributed by atoms with Gasteiger partial charge in [0, 0.05) is 17.9 Å². The minimum atomic E-state index is -0.246. The van der Waals surface area contributed by atoms with Gasteiger partial charge in [0.05, 0.1) is 10.0 Å². The number of hydrogen-bond acceptors (Lipinski definition) is 4. The highest BCUT2D eigenvalue weighted by Gasteiger charge is 2.10. The van der Waals surface area contributed by atoms with Crippen LogP contribution in [0.4, 0.5) is 11.6 Å². The predicted octanol–water partition coefficient (Wildman–Crippen LogP) is 3.67. The molecule has 2 rings (SSSR count). The molecule has 0 radical (unpaired) electrons. The molecule has 1 aromatic carbocycles. The highest BCUT2D eigenvalue weighted by molar-refractivity contribution is 6.42. The first kappa shape index (κ1) is 15.5. The summed E-state index contributed by atoms with van der Waals surface area (Å²) in [5.41, 5.74) is 0.979. The summed E-state index contributed by atoms with van der Waals surface area (Å²) < 4.78 is 0. The van der Waals surface area contributed by atoms with Crippen LogP contribution in [0, 0.1) is 0 Å². The lowest BCUT2D eigenvalue weighted by molar-refractivity contribution is 0.0938. The van der Waals surface area contributed by atoms with Gasteiger partial charge in [0.1, 0.15) is 5.69 Å². The van der Waals surface area contributed by atoms with Gasteiger partial charge in [0.25, 0.3) is 5.91 Å². The van der Waals surface area contributed by atoms with Crippen molar-refractivity contribution in [2.45, 2.75) is 19.9 Å². The number of halogens is 2. The number of aromatic nitrogens is 2. The average Bonchev–Trinajstić information content (AvgIpc) is 2.42. The van der Waals surface area contributed by atoms with Crippen molar-refractivity contribution in [1.82, 2.24) is 15.3 Å². The molecule has 0 unspecified atom stereocenters. The largest absolute Gasteiger partial charge is 0.349 e. The molecule has 0 saturated carbocycles. The molecule has 1 heterocycles. The summed E-state index contributed by atoms with van der Waals surface area (Å²) in [4.78, 5) is 20.1. The SMILES string of the molecule is CC(C)NC(=O)c1ccnc(Nc2ccc(Cl)c(Cl)c2)n1. The first-order valence-electron chi connectivity index (χ1n) is 6.31. The molecule has 110 valence electrons. The van der Waals surface area contributed by atoms with Crippen LogP contribution in [-0.4, -0.2) is 21.9 Å². The molecule has 5 nitrogen and oxygen atoms in total. The predicted molar refractivity (Wildman–Crippen MR) is 84.4 cm³/mol. The lowest BCUT2D eigenvalue weighted by atomic mass is 10.3. The quantitative estimate of drug-likeness (QED) is 0.900. The van der Waals surface area contributed by atoms with Gasteiger partial charge in [-0.3, -0.25) is 4.79 Å². The van der Waals surface area contributed by atoms with Gasteiger partial charge in [-0.15, -0.1) is 0 Å². The first-order valence-corrected chi connectivity index (χ1v) is 7.07. The number of hydrogen-bond donors (Lipinski definition) is 2. The third-order valence-corrected chi connectivity index (χ3v) is 3.22. The molecule has 21 heavy (non-hydrogen) atoms. The molecule has 7 heteroatoms. The van der Waals surface area contributed by atoms with Crippen LogP contribution in [0.2, 0.25) is 10.0 Å². The summed E-state index contributed by atoms with van der Waals surface area (Å²) in [6.45, 7) is 3.77. The van der Waals surface area contributed by atoms with E-state index in [9.17, 15) is 4.79 Å². The van der Waals surface area contributed by atoms with Crippen LogP contribution in [0.15, 0.2) is 30.5 Å². The maximum absolute atomic E-state index is 11.9. The van der Waals surface area contributed by atoms with Crippen LogP contribution >= 0.6 is 23.2 Å². The lowest BCUT2D eigenvalue weighted by Crippen LogP contribution is -2.30. The number of nitrogens with zero attached hydrogens (tertiary/aromatic N) is 2. The van der Waals surface area contributed by atoms with E-state index in [0.29, 0.717) is 27.4 Å². The second-order valence-corrected chi connectivity index (χ2v) is 5.46. The summed E-state index contributed by atoms with van der Waals surface area (Å²) in [6, 6.07) is 6.67. The topological polar surface area (TPSA) is 66.9 Å². The highest BCUT2D eigenvalue weighted by Crippen LogP contribution is 2.26. The van der Waals surface area contributed by atoms with Crippen molar-refractivity contribution in [3.05, 3.63) is 46.2 Å². The van der Waals surface area contributed by atoms with Gasteiger partial charge in [-0.25, -0.2) is 9.97 Å². The Labute approximate surface area is 132 Å². The third-order valence-electron chi connectivity index (χ3n) is 2.48. The Hall–Kier alpha value is -1.85. The van der Waals surface area contributed by atoms with Crippen molar-refractivity contribution in [1.29, 1.82) is 0 Å². The van der Waals surface area contributed by atoms with Gasteiger partial charge in [-0.05, 0) is 38.1 Å². The van der Waals surface area contributed by atoms with Crippen LogP contribution in [0.3, 0.4) is 0 Å². The van der Waals surface area contributed by atoms with E-state index in [2.05, 4.69) is 20.6 Å². The molecular weight excluding hydrogens is 311 g/mol. The van der Waals surface area contributed by atoms with Crippen LogP contribution in [0.25, 0.3) is 0 Å². The Morgan fingerprint density at radius 1 is 1.19 bits per heavy atom. The van der Waals surface area contributed by atoms with Crippen LogP contribution < -0.4 is 10.6 Å². The summed E-state index contributed by atoms with van der Waals surface area (Å²) in [7, 11) is 0. The van der Waals surface area contributed by atoms with E-state index in [-0.39, 0.29) is 11.9 Å². The lowest BCUT2D eigenvalue weighted by Gasteiger charge is -2.09. The Morgan fingerprint density at radius 2 is 1.95 bits per heavy atom. The number of benzene rings is 1. The molecule has 0 fully saturated rings. The molecule has 0 aliphatic carbocycles. The van der Waals surface area contributed by atoms with Crippen LogP contribution in [0.1, 0.15) is 24.3 Å². The first-order chi connectivity index (χ1) is 9.95. The average molecular weight is 325 g/mol. The van der Waals surface area contributed by atoms with Crippen molar-refractivity contribution in [3.63, 3.8) is 0 Å². The summed E-state index contributed by atoms with van der Waals surface area (Å²) >= 11 is 11.8. The zero-order valence-electron chi connectivity index (χ0n) is 11.5. The van der Waals surface area contributed by atoms with Gasteiger partial charge in [-0.1, -0.05) is 23.2 Å². The van der Waals surface area contributed by atoms with E-state index in [1.807, 2.05) is 13.8 Å². The molecule has 2 aromatic rings. The molecule has 0 atom stereocenters. The number of carbonyl (C=O) groups excluding carboxylic acids is 1. The fraction of sp³-hybridized carbons (Fsp3) is 0.214. The number of anilines is 2. The fourth-order valence-electron chi connectivity index (χ4n) is 1.58. The van der Waals surface area contributed by atoms with Gasteiger partial charge < -0.3 is 10.6 Å². The Bertz CT molecular complexity index is 661. The molecule has 0 aliphatic rings. The monoisotopic (exact) mass is 324 g/mol. The van der Waals surface area contributed by atoms with Crippen molar-refractivity contribution >= 4 is 40.7 Å². The number of rotatable bonds is 4. The summed E-state index contributed by atoms with van der Waals surface area (Å²) in [5, 5.41) is 6.64. The van der Waals surface area contributed by atoms with Crippen molar-refractivity contribution in [3.8, 4) is 0 Å². The minimum Gasteiger partial charge on any atom is -0.349 e. The van der Waals surface area contributed by atoms with E-state index >= 15 is 0 Å². The summed E-state index contributed by atoms with van der Waals surface area (Å²) in [5.74, 6) is 0.0642. The molecule has 0 aliphatic heterocycles. The van der Waals surface area contributed by atoms with E-state index in [4.69, 9.17) is 23.2 Å². The normalized spacial score (nSPS) is 10.5. The maximum Gasteiger partial charge on any atom is 0.270 e. The van der Waals surface area contributed by atoms with E-state index < -0.39 is 0 Å². The second kappa shape index (κ2) is 6.74.